The molecule has 0 fully saturated rings. The fourth-order valence-corrected chi connectivity index (χ4v) is 3.25. The van der Waals surface area contributed by atoms with Crippen molar-refractivity contribution in [1.29, 1.82) is 0 Å². The summed E-state index contributed by atoms with van der Waals surface area (Å²) in [4.78, 5) is 0. The lowest BCUT2D eigenvalue weighted by Gasteiger charge is -2.12. The molecule has 0 aliphatic rings. The van der Waals surface area contributed by atoms with Crippen LogP contribution in [0.4, 0.5) is 0 Å². The zero-order valence-electron chi connectivity index (χ0n) is 12.3. The molecule has 1 N–H and O–H groups in total. The van der Waals surface area contributed by atoms with Gasteiger partial charge < -0.3 is 9.84 Å². The van der Waals surface area contributed by atoms with Crippen LogP contribution in [0.1, 0.15) is 5.56 Å². The van der Waals surface area contributed by atoms with Crippen molar-refractivity contribution in [3.63, 3.8) is 0 Å². The van der Waals surface area contributed by atoms with Crippen LogP contribution in [-0.4, -0.2) is 12.2 Å². The molecule has 0 atom stereocenters. The van der Waals surface area contributed by atoms with E-state index in [2.05, 4.69) is 42.5 Å². The number of ether oxygens (including phenoxy) is 1. The molecule has 0 radical (unpaired) electrons. The Morgan fingerprint density at radius 1 is 0.818 bits per heavy atom. The van der Waals surface area contributed by atoms with Gasteiger partial charge in [-0.2, -0.15) is 0 Å². The first-order valence-electron chi connectivity index (χ1n) is 7.34. The van der Waals surface area contributed by atoms with Gasteiger partial charge in [0.2, 0.25) is 0 Å². The molecule has 0 unspecified atom stereocenters. The van der Waals surface area contributed by atoms with Crippen LogP contribution in [0.15, 0.2) is 60.7 Å². The monoisotopic (exact) mass is 288 g/mol. The molecular formula is C20H16O2. The summed E-state index contributed by atoms with van der Waals surface area (Å²) >= 11 is 0. The number of hydrogen-bond acceptors (Lipinski definition) is 2. The maximum atomic E-state index is 9.66. The molecule has 2 heteroatoms. The number of hydrogen-bond donors (Lipinski definition) is 1. The number of benzene rings is 4. The molecule has 22 heavy (non-hydrogen) atoms. The summed E-state index contributed by atoms with van der Waals surface area (Å²) in [5.41, 5.74) is 0.968. The number of rotatable bonds is 2. The Bertz CT molecular complexity index is 1000. The Hall–Kier alpha value is -2.58. The molecule has 4 aromatic carbocycles. The van der Waals surface area contributed by atoms with E-state index in [1.807, 2.05) is 18.2 Å². The molecule has 0 amide bonds. The van der Waals surface area contributed by atoms with E-state index in [-0.39, 0.29) is 6.61 Å². The number of aliphatic hydroxyl groups excluding tert-OH is 1. The molecule has 0 saturated carbocycles. The molecule has 0 aliphatic carbocycles. The highest BCUT2D eigenvalue weighted by atomic mass is 16.5. The normalized spacial score (nSPS) is 11.4. The van der Waals surface area contributed by atoms with Crippen molar-refractivity contribution in [3.8, 4) is 5.75 Å². The van der Waals surface area contributed by atoms with Crippen LogP contribution in [0.25, 0.3) is 32.3 Å². The standard InChI is InChI=1S/C20H16O2/c1-22-16-8-9-18-13(11-16)6-7-14-10-15(12-21)17-4-2-3-5-19(17)20(14)18/h2-11,21H,12H2,1H3. The van der Waals surface area contributed by atoms with Gasteiger partial charge in [-0.3, -0.25) is 0 Å². The van der Waals surface area contributed by atoms with Crippen molar-refractivity contribution < 1.29 is 9.84 Å². The van der Waals surface area contributed by atoms with E-state index < -0.39 is 0 Å². The topological polar surface area (TPSA) is 29.5 Å². The van der Waals surface area contributed by atoms with Gasteiger partial charge in [0.15, 0.2) is 0 Å². The maximum Gasteiger partial charge on any atom is 0.119 e. The minimum Gasteiger partial charge on any atom is -0.497 e. The van der Waals surface area contributed by atoms with Crippen LogP contribution in [0.5, 0.6) is 5.75 Å². The lowest BCUT2D eigenvalue weighted by molar-refractivity contribution is 0.283. The van der Waals surface area contributed by atoms with Crippen LogP contribution in [0.2, 0.25) is 0 Å². The van der Waals surface area contributed by atoms with Crippen LogP contribution in [0, 0.1) is 0 Å². The quantitative estimate of drug-likeness (QED) is 0.544. The highest BCUT2D eigenvalue weighted by molar-refractivity contribution is 6.21. The molecule has 0 spiro atoms. The molecule has 4 rings (SSSR count). The van der Waals surface area contributed by atoms with Crippen molar-refractivity contribution in [1.82, 2.24) is 0 Å². The van der Waals surface area contributed by atoms with Gasteiger partial charge in [0, 0.05) is 0 Å². The lowest BCUT2D eigenvalue weighted by atomic mass is 9.93. The van der Waals surface area contributed by atoms with E-state index in [1.54, 1.807) is 7.11 Å². The van der Waals surface area contributed by atoms with Gasteiger partial charge >= 0.3 is 0 Å². The number of methoxy groups -OCH3 is 1. The third-order valence-electron chi connectivity index (χ3n) is 4.30. The maximum absolute atomic E-state index is 9.66. The third kappa shape index (κ3) is 1.85. The summed E-state index contributed by atoms with van der Waals surface area (Å²) in [7, 11) is 1.69. The minimum atomic E-state index is 0.0527. The van der Waals surface area contributed by atoms with Crippen molar-refractivity contribution in [2.75, 3.05) is 7.11 Å². The smallest absolute Gasteiger partial charge is 0.119 e. The average molecular weight is 288 g/mol. The SMILES string of the molecule is COc1ccc2c(ccc3cc(CO)c4ccccc4c32)c1. The van der Waals surface area contributed by atoms with Crippen LogP contribution >= 0.6 is 0 Å². The Morgan fingerprint density at radius 3 is 2.36 bits per heavy atom. The Balaban J connectivity index is 2.23. The molecule has 0 heterocycles. The summed E-state index contributed by atoms with van der Waals surface area (Å²) in [5.74, 6) is 0.864. The Labute approximate surface area is 128 Å². The van der Waals surface area contributed by atoms with E-state index in [1.165, 1.54) is 16.2 Å². The second kappa shape index (κ2) is 5.00. The summed E-state index contributed by atoms with van der Waals surface area (Å²) in [6, 6.07) is 20.7. The predicted octanol–water partition coefficient (Wildman–Crippen LogP) is 4.65. The third-order valence-corrected chi connectivity index (χ3v) is 4.30. The largest absolute Gasteiger partial charge is 0.497 e. The average Bonchev–Trinajstić information content (AvgIpc) is 2.59. The Kier molecular flexibility index (Phi) is 2.98. The molecule has 108 valence electrons. The van der Waals surface area contributed by atoms with Gasteiger partial charge in [0.25, 0.3) is 0 Å². The number of fused-ring (bicyclic) bond motifs is 5. The van der Waals surface area contributed by atoms with Gasteiger partial charge in [-0.05, 0) is 56.1 Å². The second-order valence-corrected chi connectivity index (χ2v) is 5.49. The summed E-state index contributed by atoms with van der Waals surface area (Å²) in [6.45, 7) is 0.0527. The number of aliphatic hydroxyl groups is 1. The molecular weight excluding hydrogens is 272 g/mol. The van der Waals surface area contributed by atoms with E-state index >= 15 is 0 Å². The fraction of sp³-hybridized carbons (Fsp3) is 0.100. The summed E-state index contributed by atoms with van der Waals surface area (Å²) < 4.78 is 5.33. The molecule has 4 aromatic rings. The zero-order chi connectivity index (χ0) is 15.1. The minimum absolute atomic E-state index is 0.0527. The van der Waals surface area contributed by atoms with E-state index in [0.717, 1.165) is 27.5 Å². The van der Waals surface area contributed by atoms with Gasteiger partial charge in [-0.1, -0.05) is 42.5 Å². The second-order valence-electron chi connectivity index (χ2n) is 5.49. The fourth-order valence-electron chi connectivity index (χ4n) is 3.25. The van der Waals surface area contributed by atoms with E-state index in [4.69, 9.17) is 4.74 Å². The highest BCUT2D eigenvalue weighted by Gasteiger charge is 2.09. The highest BCUT2D eigenvalue weighted by Crippen LogP contribution is 2.35. The van der Waals surface area contributed by atoms with Crippen LogP contribution in [0.3, 0.4) is 0 Å². The van der Waals surface area contributed by atoms with Crippen molar-refractivity contribution in [3.05, 3.63) is 66.2 Å². The van der Waals surface area contributed by atoms with Crippen molar-refractivity contribution in [2.45, 2.75) is 6.61 Å². The lowest BCUT2D eigenvalue weighted by Crippen LogP contribution is -1.89. The van der Waals surface area contributed by atoms with Gasteiger partial charge in [0.05, 0.1) is 13.7 Å². The van der Waals surface area contributed by atoms with Crippen molar-refractivity contribution in [2.24, 2.45) is 0 Å². The van der Waals surface area contributed by atoms with Gasteiger partial charge in [-0.15, -0.1) is 0 Å². The molecule has 0 bridgehead atoms. The van der Waals surface area contributed by atoms with Crippen molar-refractivity contribution >= 4 is 32.3 Å². The van der Waals surface area contributed by atoms with E-state index in [9.17, 15) is 5.11 Å². The van der Waals surface area contributed by atoms with Crippen LogP contribution in [-0.2, 0) is 6.61 Å². The first-order valence-corrected chi connectivity index (χ1v) is 7.34. The molecule has 0 saturated heterocycles. The van der Waals surface area contributed by atoms with Gasteiger partial charge in [0.1, 0.15) is 5.75 Å². The Morgan fingerprint density at radius 2 is 1.59 bits per heavy atom. The zero-order valence-corrected chi connectivity index (χ0v) is 12.3. The van der Waals surface area contributed by atoms with Crippen LogP contribution < -0.4 is 4.74 Å². The first kappa shape index (κ1) is 13.1. The summed E-state index contributed by atoms with van der Waals surface area (Å²) in [5, 5.41) is 16.7. The first-order chi connectivity index (χ1) is 10.8. The molecule has 0 aliphatic heterocycles. The molecule has 2 nitrogen and oxygen atoms in total. The molecule has 0 aromatic heterocycles. The summed E-state index contributed by atoms with van der Waals surface area (Å²) in [6.07, 6.45) is 0. The predicted molar refractivity (Wildman–Crippen MR) is 91.4 cm³/mol. The van der Waals surface area contributed by atoms with Gasteiger partial charge in [-0.25, -0.2) is 0 Å². The van der Waals surface area contributed by atoms with E-state index in [0.29, 0.717) is 0 Å².